The van der Waals surface area contributed by atoms with Crippen LogP contribution in [0.4, 0.5) is 0 Å². The van der Waals surface area contributed by atoms with Crippen LogP contribution >= 0.6 is 0 Å². The van der Waals surface area contributed by atoms with Crippen molar-refractivity contribution in [2.24, 2.45) is 0 Å². The van der Waals surface area contributed by atoms with E-state index in [0.29, 0.717) is 18.2 Å². The predicted molar refractivity (Wildman–Crippen MR) is 52.9 cm³/mol. The first-order valence-electron chi connectivity index (χ1n) is 5.36. The maximum atomic E-state index is 5.59. The van der Waals surface area contributed by atoms with E-state index < -0.39 is 0 Å². The first-order valence-corrected chi connectivity index (χ1v) is 5.36. The highest BCUT2D eigenvalue weighted by Gasteiger charge is 2.31. The van der Waals surface area contributed by atoms with Crippen LogP contribution in [0, 0.1) is 0 Å². The summed E-state index contributed by atoms with van der Waals surface area (Å²) in [5.41, 5.74) is 0. The molecule has 0 spiro atoms. The van der Waals surface area contributed by atoms with E-state index in [1.54, 1.807) is 0 Å². The zero-order chi connectivity index (χ0) is 9.26. The summed E-state index contributed by atoms with van der Waals surface area (Å²) in [6, 6.07) is 1.31. The Morgan fingerprint density at radius 3 is 2.85 bits per heavy atom. The smallest absolute Gasteiger partial charge is 0.0703 e. The van der Waals surface area contributed by atoms with Crippen LogP contribution in [0.3, 0.4) is 0 Å². The molecule has 3 atom stereocenters. The molecule has 0 aliphatic carbocycles. The number of rotatable bonds is 1. The highest BCUT2D eigenvalue weighted by molar-refractivity contribution is 4.86. The highest BCUT2D eigenvalue weighted by Crippen LogP contribution is 2.20. The van der Waals surface area contributed by atoms with Crippen molar-refractivity contribution >= 4 is 0 Å². The van der Waals surface area contributed by atoms with Crippen molar-refractivity contribution in [1.82, 2.24) is 10.2 Å². The Bertz CT molecular complexity index is 174. The largest absolute Gasteiger partial charge is 0.377 e. The van der Waals surface area contributed by atoms with Crippen LogP contribution in [-0.2, 0) is 4.74 Å². The van der Waals surface area contributed by atoms with Crippen LogP contribution in [-0.4, -0.2) is 49.3 Å². The number of nitrogens with one attached hydrogen (secondary N) is 1. The van der Waals surface area contributed by atoms with Crippen LogP contribution in [0.15, 0.2) is 0 Å². The number of piperazine rings is 1. The summed E-state index contributed by atoms with van der Waals surface area (Å²) < 4.78 is 5.59. The van der Waals surface area contributed by atoms with E-state index in [9.17, 15) is 0 Å². The minimum atomic E-state index is 0.435. The van der Waals surface area contributed by atoms with Gasteiger partial charge in [-0.3, -0.25) is 4.90 Å². The van der Waals surface area contributed by atoms with Crippen molar-refractivity contribution in [3.8, 4) is 0 Å². The van der Waals surface area contributed by atoms with Crippen molar-refractivity contribution in [2.45, 2.75) is 38.5 Å². The maximum absolute atomic E-state index is 5.59. The van der Waals surface area contributed by atoms with Gasteiger partial charge in [-0.2, -0.15) is 0 Å². The third-order valence-electron chi connectivity index (χ3n) is 3.21. The van der Waals surface area contributed by atoms with E-state index in [4.69, 9.17) is 4.74 Å². The third-order valence-corrected chi connectivity index (χ3v) is 3.21. The average molecular weight is 184 g/mol. The van der Waals surface area contributed by atoms with Gasteiger partial charge in [-0.15, -0.1) is 0 Å². The molecule has 3 nitrogen and oxygen atoms in total. The molecule has 76 valence electrons. The summed E-state index contributed by atoms with van der Waals surface area (Å²) >= 11 is 0. The molecule has 0 saturated carbocycles. The summed E-state index contributed by atoms with van der Waals surface area (Å²) in [6.45, 7) is 8.90. The van der Waals surface area contributed by atoms with Crippen molar-refractivity contribution in [1.29, 1.82) is 0 Å². The van der Waals surface area contributed by atoms with Crippen LogP contribution in [0.1, 0.15) is 20.3 Å². The molecule has 0 bridgehead atoms. The molecule has 2 fully saturated rings. The lowest BCUT2D eigenvalue weighted by molar-refractivity contribution is 0.0621. The summed E-state index contributed by atoms with van der Waals surface area (Å²) in [7, 11) is 0. The van der Waals surface area contributed by atoms with Gasteiger partial charge in [-0.05, 0) is 20.3 Å². The summed E-state index contributed by atoms with van der Waals surface area (Å²) in [5, 5.41) is 3.47. The van der Waals surface area contributed by atoms with E-state index in [0.717, 1.165) is 13.2 Å². The fourth-order valence-electron chi connectivity index (χ4n) is 2.46. The third kappa shape index (κ3) is 2.03. The molecule has 0 aromatic carbocycles. The number of hydrogen-bond donors (Lipinski definition) is 1. The molecule has 2 aliphatic heterocycles. The van der Waals surface area contributed by atoms with Gasteiger partial charge >= 0.3 is 0 Å². The standard InChI is InChI=1S/C10H20N2O/c1-8-7-12(5-4-11-8)10-3-6-13-9(10)2/h8-11H,3-7H2,1-2H3/t8-,9?,10?/m0/s1. The Morgan fingerprint density at radius 2 is 2.23 bits per heavy atom. The van der Waals surface area contributed by atoms with E-state index in [1.165, 1.54) is 19.5 Å². The van der Waals surface area contributed by atoms with Gasteiger partial charge in [-0.25, -0.2) is 0 Å². The van der Waals surface area contributed by atoms with E-state index in [1.807, 2.05) is 0 Å². The first kappa shape index (κ1) is 9.44. The molecule has 0 aromatic rings. The zero-order valence-electron chi connectivity index (χ0n) is 8.62. The molecule has 2 aliphatic rings. The Balaban J connectivity index is 1.91. The Morgan fingerprint density at radius 1 is 1.38 bits per heavy atom. The van der Waals surface area contributed by atoms with Gasteiger partial charge in [0, 0.05) is 38.3 Å². The summed E-state index contributed by atoms with van der Waals surface area (Å²) in [4.78, 5) is 2.58. The second-order valence-corrected chi connectivity index (χ2v) is 4.28. The van der Waals surface area contributed by atoms with Gasteiger partial charge in [0.15, 0.2) is 0 Å². The molecule has 2 heterocycles. The fraction of sp³-hybridized carbons (Fsp3) is 1.00. The Hall–Kier alpha value is -0.120. The monoisotopic (exact) mass is 184 g/mol. The lowest BCUT2D eigenvalue weighted by atomic mass is 10.1. The van der Waals surface area contributed by atoms with Crippen molar-refractivity contribution in [3.63, 3.8) is 0 Å². The summed E-state index contributed by atoms with van der Waals surface area (Å²) in [5.74, 6) is 0. The number of hydrogen-bond acceptors (Lipinski definition) is 3. The molecule has 2 unspecified atom stereocenters. The van der Waals surface area contributed by atoms with E-state index in [2.05, 4.69) is 24.1 Å². The molecule has 2 rings (SSSR count). The molecule has 0 aromatic heterocycles. The molecule has 1 N–H and O–H groups in total. The minimum Gasteiger partial charge on any atom is -0.377 e. The minimum absolute atomic E-state index is 0.435. The second kappa shape index (κ2) is 3.95. The molecule has 13 heavy (non-hydrogen) atoms. The lowest BCUT2D eigenvalue weighted by Gasteiger charge is -2.37. The van der Waals surface area contributed by atoms with Crippen LogP contribution in [0.25, 0.3) is 0 Å². The zero-order valence-corrected chi connectivity index (χ0v) is 8.62. The second-order valence-electron chi connectivity index (χ2n) is 4.28. The number of nitrogens with zero attached hydrogens (tertiary/aromatic N) is 1. The van der Waals surface area contributed by atoms with Crippen molar-refractivity contribution in [3.05, 3.63) is 0 Å². The molecule has 3 heteroatoms. The molecule has 0 amide bonds. The topological polar surface area (TPSA) is 24.5 Å². The average Bonchev–Trinajstić information content (AvgIpc) is 2.51. The van der Waals surface area contributed by atoms with Crippen molar-refractivity contribution < 1.29 is 4.74 Å². The van der Waals surface area contributed by atoms with Crippen LogP contribution in [0.2, 0.25) is 0 Å². The van der Waals surface area contributed by atoms with Gasteiger partial charge in [0.25, 0.3) is 0 Å². The number of ether oxygens (including phenoxy) is 1. The normalized spacial score (nSPS) is 42.5. The molecule has 2 saturated heterocycles. The van der Waals surface area contributed by atoms with Gasteiger partial charge < -0.3 is 10.1 Å². The first-order chi connectivity index (χ1) is 6.27. The van der Waals surface area contributed by atoms with E-state index in [-0.39, 0.29) is 0 Å². The van der Waals surface area contributed by atoms with Crippen LogP contribution in [0.5, 0.6) is 0 Å². The Kier molecular flexibility index (Phi) is 2.86. The lowest BCUT2D eigenvalue weighted by Crippen LogP contribution is -2.54. The van der Waals surface area contributed by atoms with Crippen molar-refractivity contribution in [2.75, 3.05) is 26.2 Å². The maximum Gasteiger partial charge on any atom is 0.0703 e. The summed E-state index contributed by atoms with van der Waals surface area (Å²) in [6.07, 6.45) is 1.65. The van der Waals surface area contributed by atoms with Gasteiger partial charge in [0.05, 0.1) is 6.10 Å². The fourth-order valence-corrected chi connectivity index (χ4v) is 2.46. The van der Waals surface area contributed by atoms with Gasteiger partial charge in [0.1, 0.15) is 0 Å². The SMILES string of the molecule is CC1OCCC1N1CCN[C@@H](C)C1. The Labute approximate surface area is 80.4 Å². The van der Waals surface area contributed by atoms with Crippen LogP contribution < -0.4 is 5.32 Å². The molecular formula is C10H20N2O. The highest BCUT2D eigenvalue weighted by atomic mass is 16.5. The van der Waals surface area contributed by atoms with Gasteiger partial charge in [-0.1, -0.05) is 0 Å². The molecular weight excluding hydrogens is 164 g/mol. The predicted octanol–water partition coefficient (Wildman–Crippen LogP) is 0.457. The quantitative estimate of drug-likeness (QED) is 0.640. The van der Waals surface area contributed by atoms with Gasteiger partial charge in [0.2, 0.25) is 0 Å². The molecule has 0 radical (unpaired) electrons. The van der Waals surface area contributed by atoms with E-state index >= 15 is 0 Å².